The number of rotatable bonds is 4. The van der Waals surface area contributed by atoms with Gasteiger partial charge in [0.15, 0.2) is 5.82 Å². The van der Waals surface area contributed by atoms with Gasteiger partial charge in [-0.05, 0) is 38.1 Å². The van der Waals surface area contributed by atoms with Gasteiger partial charge in [-0.25, -0.2) is 4.98 Å². The first kappa shape index (κ1) is 15.7. The number of benzene rings is 2. The first-order valence-corrected chi connectivity index (χ1v) is 8.02. The summed E-state index contributed by atoms with van der Waals surface area (Å²) in [4.78, 5) is 19.7. The molecule has 1 heterocycles. The van der Waals surface area contributed by atoms with Gasteiger partial charge in [-0.2, -0.15) is 0 Å². The highest BCUT2D eigenvalue weighted by molar-refractivity contribution is 6.30. The minimum Gasteiger partial charge on any atom is -0.332 e. The van der Waals surface area contributed by atoms with E-state index < -0.39 is 0 Å². The third kappa shape index (κ3) is 3.44. The first-order valence-electron chi connectivity index (χ1n) is 7.64. The van der Waals surface area contributed by atoms with Gasteiger partial charge in [0.2, 0.25) is 0 Å². The summed E-state index contributed by atoms with van der Waals surface area (Å²) >= 11 is 6.05. The second kappa shape index (κ2) is 6.52. The minimum absolute atomic E-state index is 0.0290. The Morgan fingerprint density at radius 1 is 1.09 bits per heavy atom. The molecular weight excluding hydrogens is 310 g/mol. The lowest BCUT2D eigenvalue weighted by Crippen LogP contribution is -2.85. The van der Waals surface area contributed by atoms with Gasteiger partial charge in [-0.3, -0.25) is 4.79 Å². The molecule has 0 aliphatic carbocycles. The van der Waals surface area contributed by atoms with Crippen LogP contribution in [0.1, 0.15) is 37.3 Å². The van der Waals surface area contributed by atoms with Gasteiger partial charge < -0.3 is 10.3 Å². The van der Waals surface area contributed by atoms with Crippen molar-refractivity contribution >= 4 is 22.5 Å². The first-order chi connectivity index (χ1) is 11.0. The summed E-state index contributed by atoms with van der Waals surface area (Å²) in [5.41, 5.74) is 1.77. The van der Waals surface area contributed by atoms with Crippen LogP contribution in [-0.4, -0.2) is 9.97 Å². The lowest BCUT2D eigenvalue weighted by molar-refractivity contribution is -0.729. The number of nitrogens with one attached hydrogen (secondary N) is 1. The fourth-order valence-corrected chi connectivity index (χ4v) is 2.94. The lowest BCUT2D eigenvalue weighted by atomic mass is 10.1. The van der Waals surface area contributed by atoms with Crippen LogP contribution in [0.3, 0.4) is 0 Å². The highest BCUT2D eigenvalue weighted by Gasteiger charge is 2.18. The largest absolute Gasteiger partial charge is 0.332 e. The number of nitrogens with zero attached hydrogens (tertiary/aromatic N) is 1. The maximum absolute atomic E-state index is 12.2. The average Bonchev–Trinajstić information content (AvgIpc) is 2.54. The predicted molar refractivity (Wildman–Crippen MR) is 92.6 cm³/mol. The van der Waals surface area contributed by atoms with Crippen molar-refractivity contribution in [1.82, 2.24) is 9.97 Å². The molecule has 3 N–H and O–H groups in total. The number of aromatic nitrogens is 2. The Hall–Kier alpha value is -2.17. The number of aromatic amines is 1. The Kier molecular flexibility index (Phi) is 4.46. The molecule has 118 valence electrons. The van der Waals surface area contributed by atoms with Crippen molar-refractivity contribution in [3.05, 3.63) is 75.3 Å². The van der Waals surface area contributed by atoms with Crippen LogP contribution in [0.4, 0.5) is 0 Å². The van der Waals surface area contributed by atoms with Crippen LogP contribution in [0.25, 0.3) is 10.9 Å². The molecule has 3 aromatic rings. The van der Waals surface area contributed by atoms with Crippen molar-refractivity contribution in [1.29, 1.82) is 0 Å². The fourth-order valence-electron chi connectivity index (χ4n) is 2.75. The molecular formula is C18H19ClN3O+. The van der Waals surface area contributed by atoms with E-state index in [4.69, 9.17) is 11.6 Å². The van der Waals surface area contributed by atoms with Crippen molar-refractivity contribution in [2.45, 2.75) is 25.9 Å². The molecule has 0 amide bonds. The number of nitrogens with two attached hydrogens (primary N) is 1. The van der Waals surface area contributed by atoms with Crippen molar-refractivity contribution in [2.75, 3.05) is 0 Å². The van der Waals surface area contributed by atoms with Crippen LogP contribution in [0.5, 0.6) is 0 Å². The number of para-hydroxylation sites is 1. The molecule has 4 nitrogen and oxygen atoms in total. The van der Waals surface area contributed by atoms with Crippen LogP contribution in [0, 0.1) is 0 Å². The SMILES string of the molecule is C[C@H]([NH2+][C@@H](C)c1nc2ccccc2c(=O)[nH]1)c1cccc(Cl)c1. The molecule has 1 aromatic heterocycles. The second-order valence-corrected chi connectivity index (χ2v) is 6.23. The van der Waals surface area contributed by atoms with E-state index in [1.165, 1.54) is 0 Å². The molecule has 0 radical (unpaired) electrons. The Morgan fingerprint density at radius 3 is 2.65 bits per heavy atom. The molecule has 23 heavy (non-hydrogen) atoms. The summed E-state index contributed by atoms with van der Waals surface area (Å²) in [6.45, 7) is 4.15. The Labute approximate surface area is 139 Å². The quantitative estimate of drug-likeness (QED) is 0.773. The molecule has 3 rings (SSSR count). The molecule has 0 saturated heterocycles. The Morgan fingerprint density at radius 2 is 1.87 bits per heavy atom. The van der Waals surface area contributed by atoms with Crippen molar-refractivity contribution in [2.24, 2.45) is 0 Å². The summed E-state index contributed by atoms with van der Waals surface area (Å²) in [7, 11) is 0. The van der Waals surface area contributed by atoms with Gasteiger partial charge in [-0.15, -0.1) is 0 Å². The van der Waals surface area contributed by atoms with Crippen LogP contribution in [0.15, 0.2) is 53.3 Å². The molecule has 0 spiro atoms. The lowest BCUT2D eigenvalue weighted by Gasteiger charge is -2.17. The topological polar surface area (TPSA) is 62.4 Å². The molecule has 5 heteroatoms. The van der Waals surface area contributed by atoms with Crippen LogP contribution in [-0.2, 0) is 0 Å². The number of fused-ring (bicyclic) bond motifs is 1. The van der Waals surface area contributed by atoms with Gasteiger partial charge in [0.05, 0.1) is 10.9 Å². The molecule has 2 atom stereocenters. The maximum Gasteiger partial charge on any atom is 0.258 e. The molecule has 0 unspecified atom stereocenters. The van der Waals surface area contributed by atoms with Crippen LogP contribution >= 0.6 is 11.6 Å². The molecule has 0 bridgehead atoms. The standard InChI is InChI=1S/C18H18ClN3O/c1-11(13-6-5-7-14(19)10-13)20-12(2)17-21-16-9-4-3-8-15(16)18(23)22-17/h3-12,20H,1-2H3,(H,21,22,23)/p+1/t11-,12-/m0/s1. The molecule has 2 aromatic carbocycles. The van der Waals surface area contributed by atoms with Crippen molar-refractivity contribution < 1.29 is 5.32 Å². The number of halogens is 1. The molecule has 0 aliphatic heterocycles. The average molecular weight is 329 g/mol. The maximum atomic E-state index is 12.2. The summed E-state index contributed by atoms with van der Waals surface area (Å²) in [5, 5.41) is 3.51. The summed E-state index contributed by atoms with van der Waals surface area (Å²) < 4.78 is 0. The van der Waals surface area contributed by atoms with Gasteiger partial charge in [0.25, 0.3) is 5.56 Å². The predicted octanol–water partition coefficient (Wildman–Crippen LogP) is 2.96. The fraction of sp³-hybridized carbons (Fsp3) is 0.222. The van der Waals surface area contributed by atoms with E-state index in [0.717, 1.165) is 16.1 Å². The monoisotopic (exact) mass is 328 g/mol. The third-order valence-electron chi connectivity index (χ3n) is 4.01. The number of hydrogen-bond donors (Lipinski definition) is 2. The summed E-state index contributed by atoms with van der Waals surface area (Å²) in [6, 6.07) is 15.4. The van der Waals surface area contributed by atoms with Crippen LogP contribution < -0.4 is 10.9 Å². The van der Waals surface area contributed by atoms with E-state index in [1.807, 2.05) is 43.3 Å². The summed E-state index contributed by atoms with van der Waals surface area (Å²) in [5.74, 6) is 0.683. The van der Waals surface area contributed by atoms with Crippen LogP contribution in [0.2, 0.25) is 5.02 Å². The zero-order chi connectivity index (χ0) is 16.4. The minimum atomic E-state index is -0.0961. The third-order valence-corrected chi connectivity index (χ3v) is 4.25. The van der Waals surface area contributed by atoms with Gasteiger partial charge in [0, 0.05) is 10.6 Å². The Balaban J connectivity index is 1.86. The van der Waals surface area contributed by atoms with E-state index in [1.54, 1.807) is 6.07 Å². The normalized spacial score (nSPS) is 13.9. The Bertz CT molecular complexity index is 891. The number of H-pyrrole nitrogens is 1. The molecule has 0 fully saturated rings. The number of quaternary nitrogens is 1. The zero-order valence-electron chi connectivity index (χ0n) is 13.1. The highest BCUT2D eigenvalue weighted by Crippen LogP contribution is 2.16. The zero-order valence-corrected chi connectivity index (χ0v) is 13.8. The van der Waals surface area contributed by atoms with Gasteiger partial charge in [-0.1, -0.05) is 35.9 Å². The van der Waals surface area contributed by atoms with E-state index >= 15 is 0 Å². The van der Waals surface area contributed by atoms with E-state index in [2.05, 4.69) is 28.3 Å². The number of hydrogen-bond acceptors (Lipinski definition) is 2. The van der Waals surface area contributed by atoms with E-state index in [-0.39, 0.29) is 17.6 Å². The summed E-state index contributed by atoms with van der Waals surface area (Å²) in [6.07, 6.45) is 0. The van der Waals surface area contributed by atoms with E-state index in [9.17, 15) is 4.79 Å². The highest BCUT2D eigenvalue weighted by atomic mass is 35.5. The van der Waals surface area contributed by atoms with Gasteiger partial charge >= 0.3 is 0 Å². The second-order valence-electron chi connectivity index (χ2n) is 5.79. The molecule has 0 aliphatic rings. The van der Waals surface area contributed by atoms with Crippen molar-refractivity contribution in [3.8, 4) is 0 Å². The van der Waals surface area contributed by atoms with E-state index in [0.29, 0.717) is 11.2 Å². The molecule has 0 saturated carbocycles. The smallest absolute Gasteiger partial charge is 0.258 e. The van der Waals surface area contributed by atoms with Crippen molar-refractivity contribution in [3.63, 3.8) is 0 Å². The van der Waals surface area contributed by atoms with Gasteiger partial charge in [0.1, 0.15) is 12.1 Å².